The third-order valence-electron chi connectivity index (χ3n) is 5.88. The summed E-state index contributed by atoms with van der Waals surface area (Å²) in [6.07, 6.45) is 3.22. The van der Waals surface area contributed by atoms with Crippen LogP contribution in [-0.2, 0) is 4.74 Å². The second-order valence-corrected chi connectivity index (χ2v) is 11.0. The quantitative estimate of drug-likeness (QED) is 0.481. The molecule has 0 spiro atoms. The van der Waals surface area contributed by atoms with Gasteiger partial charge in [0, 0.05) is 6.42 Å². The Kier molecular flexibility index (Phi) is 8.66. The molecule has 0 N–H and O–H groups in total. The zero-order chi connectivity index (χ0) is 22.4. The van der Waals surface area contributed by atoms with Gasteiger partial charge in [-0.3, -0.25) is 0 Å². The summed E-state index contributed by atoms with van der Waals surface area (Å²) in [5.74, 6) is 6.01. The first kappa shape index (κ1) is 25.0. The van der Waals surface area contributed by atoms with E-state index in [9.17, 15) is 0 Å². The minimum atomic E-state index is -2.17. The van der Waals surface area contributed by atoms with Gasteiger partial charge in [0.25, 0.3) is 0 Å². The van der Waals surface area contributed by atoms with Crippen LogP contribution in [0, 0.1) is 0 Å². The van der Waals surface area contributed by atoms with E-state index in [1.165, 1.54) is 15.9 Å². The molecule has 174 valence electrons. The Morgan fingerprint density at radius 3 is 1.33 bits per heavy atom. The fourth-order valence-corrected chi connectivity index (χ4v) is 7.95. The Morgan fingerprint density at radius 1 is 0.636 bits per heavy atom. The molecule has 4 rings (SSSR count). The molecule has 0 amide bonds. The molecule has 3 aromatic carbocycles. The summed E-state index contributed by atoms with van der Waals surface area (Å²) in [6.45, 7) is 0.777. The van der Waals surface area contributed by atoms with Crippen LogP contribution in [-0.4, -0.2) is 27.9 Å². The highest BCUT2D eigenvalue weighted by atomic mass is 35.5. The predicted octanol–water partition coefficient (Wildman–Crippen LogP) is 2.05. The Bertz CT molecular complexity index is 923. The van der Waals surface area contributed by atoms with Gasteiger partial charge in [-0.2, -0.15) is 0 Å². The van der Waals surface area contributed by atoms with Crippen LogP contribution >= 0.6 is 7.26 Å². The first-order chi connectivity index (χ1) is 15.7. The van der Waals surface area contributed by atoms with Gasteiger partial charge in [0.1, 0.15) is 52.0 Å². The number of ether oxygens (including phenoxy) is 4. The van der Waals surface area contributed by atoms with Crippen LogP contribution in [0.4, 0.5) is 0 Å². The summed E-state index contributed by atoms with van der Waals surface area (Å²) in [6, 6.07) is 25.3. The van der Waals surface area contributed by atoms with Crippen LogP contribution < -0.4 is 42.5 Å². The number of allylic oxidation sites excluding steroid dienone is 1. The average molecular weight is 485 g/mol. The van der Waals surface area contributed by atoms with E-state index >= 15 is 0 Å². The largest absolute Gasteiger partial charge is 1.00 e. The number of hydrogen-bond donors (Lipinski definition) is 0. The smallest absolute Gasteiger partial charge is 0.140 e. The fraction of sp³-hybridized carbons (Fsp3) is 0.259. The molecule has 1 aliphatic rings. The zero-order valence-corrected chi connectivity index (χ0v) is 20.9. The molecule has 0 atom stereocenters. The van der Waals surface area contributed by atoms with Crippen molar-refractivity contribution in [2.75, 3.05) is 27.9 Å². The van der Waals surface area contributed by atoms with Crippen molar-refractivity contribution in [2.24, 2.45) is 0 Å². The first-order valence-electron chi connectivity index (χ1n) is 10.9. The Hall–Kier alpha value is -2.68. The van der Waals surface area contributed by atoms with Crippen LogP contribution in [0.25, 0.3) is 0 Å². The normalized spacial score (nSPS) is 14.7. The van der Waals surface area contributed by atoms with Gasteiger partial charge in [-0.15, -0.1) is 0 Å². The molecule has 4 nitrogen and oxygen atoms in total. The van der Waals surface area contributed by atoms with Gasteiger partial charge < -0.3 is 31.4 Å². The lowest BCUT2D eigenvalue weighted by Gasteiger charge is -2.26. The molecule has 0 aromatic heterocycles. The third-order valence-corrected chi connectivity index (χ3v) is 9.90. The van der Waals surface area contributed by atoms with Gasteiger partial charge in [-0.05, 0) is 85.6 Å². The summed E-state index contributed by atoms with van der Waals surface area (Å²) in [7, 11) is 2.92. The SMILES string of the molecule is COc1ccc([P+](C=C2CCCCO2)(c2ccc(OC)cc2)c2ccc(OC)cc2)cc1.[Cl-]. The summed E-state index contributed by atoms with van der Waals surface area (Å²) in [4.78, 5) is 0. The van der Waals surface area contributed by atoms with E-state index in [-0.39, 0.29) is 12.4 Å². The van der Waals surface area contributed by atoms with E-state index in [4.69, 9.17) is 18.9 Å². The van der Waals surface area contributed by atoms with E-state index < -0.39 is 7.26 Å². The lowest BCUT2D eigenvalue weighted by Crippen LogP contribution is -3.00. The van der Waals surface area contributed by atoms with Gasteiger partial charge >= 0.3 is 0 Å². The highest BCUT2D eigenvalue weighted by molar-refractivity contribution is 7.98. The van der Waals surface area contributed by atoms with Crippen LogP contribution in [0.5, 0.6) is 17.2 Å². The molecule has 6 heteroatoms. The molecule has 1 saturated heterocycles. The number of halogens is 1. The van der Waals surface area contributed by atoms with Crippen molar-refractivity contribution in [3.05, 3.63) is 84.4 Å². The maximum Gasteiger partial charge on any atom is 0.140 e. The molecule has 0 unspecified atom stereocenters. The van der Waals surface area contributed by atoms with Gasteiger partial charge in [-0.25, -0.2) is 0 Å². The van der Waals surface area contributed by atoms with Crippen LogP contribution in [0.1, 0.15) is 19.3 Å². The first-order valence-corrected chi connectivity index (χ1v) is 12.7. The van der Waals surface area contributed by atoms with E-state index in [2.05, 4.69) is 42.2 Å². The molecule has 33 heavy (non-hydrogen) atoms. The van der Waals surface area contributed by atoms with Crippen molar-refractivity contribution in [1.82, 2.24) is 0 Å². The number of methoxy groups -OCH3 is 3. The van der Waals surface area contributed by atoms with Crippen molar-refractivity contribution in [1.29, 1.82) is 0 Å². The third kappa shape index (κ3) is 5.29. The second-order valence-electron chi connectivity index (χ2n) is 7.72. The van der Waals surface area contributed by atoms with E-state index in [0.717, 1.165) is 48.9 Å². The lowest BCUT2D eigenvalue weighted by atomic mass is 10.2. The summed E-state index contributed by atoms with van der Waals surface area (Å²) < 4.78 is 22.5. The zero-order valence-electron chi connectivity index (χ0n) is 19.3. The molecule has 0 aliphatic carbocycles. The predicted molar refractivity (Wildman–Crippen MR) is 133 cm³/mol. The molecule has 3 aromatic rings. The van der Waals surface area contributed by atoms with Crippen molar-refractivity contribution < 1.29 is 31.4 Å². The Morgan fingerprint density at radius 2 is 1.03 bits per heavy atom. The number of rotatable bonds is 7. The van der Waals surface area contributed by atoms with Crippen LogP contribution in [0.3, 0.4) is 0 Å². The van der Waals surface area contributed by atoms with Gasteiger partial charge in [0.05, 0.1) is 27.9 Å². The maximum absolute atomic E-state index is 6.15. The van der Waals surface area contributed by atoms with Crippen molar-refractivity contribution in [3.63, 3.8) is 0 Å². The van der Waals surface area contributed by atoms with Gasteiger partial charge in [0.2, 0.25) is 0 Å². The number of benzene rings is 3. The minimum absolute atomic E-state index is 0. The van der Waals surface area contributed by atoms with Crippen molar-refractivity contribution >= 4 is 23.2 Å². The lowest BCUT2D eigenvalue weighted by molar-refractivity contribution is -0.00000822. The number of hydrogen-bond acceptors (Lipinski definition) is 4. The van der Waals surface area contributed by atoms with E-state index in [0.29, 0.717) is 0 Å². The topological polar surface area (TPSA) is 36.9 Å². The molecule has 0 saturated carbocycles. The van der Waals surface area contributed by atoms with Gasteiger partial charge in [-0.1, -0.05) is 0 Å². The summed E-state index contributed by atoms with van der Waals surface area (Å²) in [5, 5.41) is 3.74. The summed E-state index contributed by atoms with van der Waals surface area (Å²) in [5.41, 5.74) is 0. The average Bonchev–Trinajstić information content (AvgIpc) is 2.88. The molecule has 1 heterocycles. The molecule has 0 radical (unpaired) electrons. The van der Waals surface area contributed by atoms with Crippen LogP contribution in [0.2, 0.25) is 0 Å². The molecule has 0 bridgehead atoms. The van der Waals surface area contributed by atoms with E-state index in [1.807, 2.05) is 36.4 Å². The highest BCUT2D eigenvalue weighted by Crippen LogP contribution is 2.58. The molecular formula is C27H30ClO4P. The highest BCUT2D eigenvalue weighted by Gasteiger charge is 2.45. The van der Waals surface area contributed by atoms with Crippen LogP contribution in [0.15, 0.2) is 84.4 Å². The Balaban J connectivity index is 0.00000306. The standard InChI is InChI=1S/C27H30O4P.ClH/c1-28-21-7-13-25(14-8-21)32(20-24-6-4-5-19-31-24,26-15-9-22(29-2)10-16-26)27-17-11-23(30-3)12-18-27;/h7-18,20H,4-6,19H2,1-3H3;1H/q+1;/p-1. The van der Waals surface area contributed by atoms with Crippen molar-refractivity contribution in [2.45, 2.75) is 19.3 Å². The summed E-state index contributed by atoms with van der Waals surface area (Å²) >= 11 is 0. The fourth-order valence-electron chi connectivity index (χ4n) is 4.12. The maximum atomic E-state index is 6.15. The van der Waals surface area contributed by atoms with Crippen molar-refractivity contribution in [3.8, 4) is 17.2 Å². The molecular weight excluding hydrogens is 455 g/mol. The van der Waals surface area contributed by atoms with E-state index in [1.54, 1.807) is 21.3 Å². The minimum Gasteiger partial charge on any atom is -1.00 e. The second kappa shape index (κ2) is 11.4. The molecule has 1 fully saturated rings. The monoisotopic (exact) mass is 484 g/mol. The molecule has 1 aliphatic heterocycles. The van der Waals surface area contributed by atoms with Gasteiger partial charge in [0.15, 0.2) is 0 Å². The Labute approximate surface area is 203 Å².